The SMILES string of the molecule is COC(=O)c1cc(-c2ccc(-c3ccc(OCCCCOC4CCCCO4)cc3)cc2)nc2ccc(N)cc12. The molecule has 0 saturated carbocycles. The number of hydrogen-bond acceptors (Lipinski definition) is 7. The highest BCUT2D eigenvalue weighted by Crippen LogP contribution is 2.29. The quantitative estimate of drug-likeness (QED) is 0.141. The van der Waals surface area contributed by atoms with Crippen molar-refractivity contribution in [2.24, 2.45) is 0 Å². The van der Waals surface area contributed by atoms with Crippen LogP contribution in [0.25, 0.3) is 33.3 Å². The maximum Gasteiger partial charge on any atom is 0.338 e. The van der Waals surface area contributed by atoms with Crippen LogP contribution >= 0.6 is 0 Å². The third kappa shape index (κ3) is 6.74. The summed E-state index contributed by atoms with van der Waals surface area (Å²) in [7, 11) is 1.37. The molecule has 5 rings (SSSR count). The molecule has 0 amide bonds. The summed E-state index contributed by atoms with van der Waals surface area (Å²) in [6.45, 7) is 2.17. The molecule has 39 heavy (non-hydrogen) atoms. The van der Waals surface area contributed by atoms with Crippen LogP contribution in [0.2, 0.25) is 0 Å². The average molecular weight is 527 g/mol. The van der Waals surface area contributed by atoms with Gasteiger partial charge in [0.2, 0.25) is 0 Å². The standard InChI is InChI=1S/C32H34N2O5/c1-36-32(35)28-21-30(34-29-16-13-25(33)20-27(28)29)24-9-7-22(8-10-24)23-11-14-26(15-12-23)37-17-4-5-19-39-31-6-2-3-18-38-31/h7-16,20-21,31H,2-6,17-19,33H2,1H3. The van der Waals surface area contributed by atoms with Gasteiger partial charge >= 0.3 is 5.97 Å². The largest absolute Gasteiger partial charge is 0.494 e. The van der Waals surface area contributed by atoms with Crippen molar-refractivity contribution < 1.29 is 23.7 Å². The summed E-state index contributed by atoms with van der Waals surface area (Å²) >= 11 is 0. The number of ether oxygens (including phenoxy) is 4. The number of aromatic nitrogens is 1. The van der Waals surface area contributed by atoms with E-state index in [1.807, 2.05) is 42.5 Å². The molecule has 1 aromatic heterocycles. The van der Waals surface area contributed by atoms with Gasteiger partial charge in [0.1, 0.15) is 5.75 Å². The fourth-order valence-corrected chi connectivity index (χ4v) is 4.70. The topological polar surface area (TPSA) is 92.9 Å². The molecule has 202 valence electrons. The lowest BCUT2D eigenvalue weighted by molar-refractivity contribution is -0.162. The van der Waals surface area contributed by atoms with E-state index in [0.717, 1.165) is 54.7 Å². The van der Waals surface area contributed by atoms with E-state index in [-0.39, 0.29) is 6.29 Å². The monoisotopic (exact) mass is 526 g/mol. The van der Waals surface area contributed by atoms with Crippen LogP contribution in [0.4, 0.5) is 5.69 Å². The summed E-state index contributed by atoms with van der Waals surface area (Å²) in [6.07, 6.45) is 5.18. The molecule has 3 aromatic carbocycles. The van der Waals surface area contributed by atoms with Crippen molar-refractivity contribution in [1.29, 1.82) is 0 Å². The first-order chi connectivity index (χ1) is 19.1. The number of carbonyl (C=O) groups excluding carboxylic acids is 1. The van der Waals surface area contributed by atoms with E-state index in [2.05, 4.69) is 12.1 Å². The fraction of sp³-hybridized carbons (Fsp3) is 0.312. The number of esters is 1. The molecular weight excluding hydrogens is 492 g/mol. The average Bonchev–Trinajstić information content (AvgIpc) is 2.99. The van der Waals surface area contributed by atoms with Crippen LogP contribution in [-0.2, 0) is 14.2 Å². The number of nitrogens with zero attached hydrogens (tertiary/aromatic N) is 1. The third-order valence-corrected chi connectivity index (χ3v) is 6.86. The summed E-state index contributed by atoms with van der Waals surface area (Å²) in [5.74, 6) is 0.429. The Bertz CT molecular complexity index is 1400. The number of methoxy groups -OCH3 is 1. The molecule has 0 spiro atoms. The molecule has 1 aliphatic heterocycles. The Kier molecular flexibility index (Phi) is 8.71. The number of anilines is 1. The normalized spacial score (nSPS) is 15.3. The number of nitrogens with two attached hydrogens (primary N) is 1. The van der Waals surface area contributed by atoms with Crippen molar-refractivity contribution in [3.05, 3.63) is 78.4 Å². The van der Waals surface area contributed by atoms with Gasteiger partial charge in [-0.15, -0.1) is 0 Å². The van der Waals surface area contributed by atoms with E-state index >= 15 is 0 Å². The van der Waals surface area contributed by atoms with Gasteiger partial charge in [0, 0.05) is 29.9 Å². The lowest BCUT2D eigenvalue weighted by atomic mass is 10.0. The van der Waals surface area contributed by atoms with Gasteiger partial charge in [0.05, 0.1) is 30.5 Å². The Morgan fingerprint density at radius 1 is 0.923 bits per heavy atom. The molecule has 1 unspecified atom stereocenters. The van der Waals surface area contributed by atoms with Gasteiger partial charge in [-0.1, -0.05) is 36.4 Å². The van der Waals surface area contributed by atoms with Gasteiger partial charge in [0.25, 0.3) is 0 Å². The number of unbranched alkanes of at least 4 members (excludes halogenated alkanes) is 1. The number of pyridine rings is 1. The zero-order chi connectivity index (χ0) is 27.0. The molecule has 1 fully saturated rings. The first-order valence-electron chi connectivity index (χ1n) is 13.5. The van der Waals surface area contributed by atoms with Gasteiger partial charge in [-0.05, 0) is 79.6 Å². The molecule has 1 saturated heterocycles. The summed E-state index contributed by atoms with van der Waals surface area (Å²) in [5.41, 5.74) is 11.4. The molecular formula is C32H34N2O5. The molecule has 0 radical (unpaired) electrons. The van der Waals surface area contributed by atoms with Crippen LogP contribution in [0, 0.1) is 0 Å². The fourth-order valence-electron chi connectivity index (χ4n) is 4.70. The highest BCUT2D eigenvalue weighted by molar-refractivity contribution is 6.05. The highest BCUT2D eigenvalue weighted by atomic mass is 16.7. The van der Waals surface area contributed by atoms with Gasteiger partial charge < -0.3 is 24.7 Å². The Hall–Kier alpha value is -3.94. The maximum absolute atomic E-state index is 12.4. The minimum absolute atomic E-state index is 0.0256. The zero-order valence-corrected chi connectivity index (χ0v) is 22.2. The predicted octanol–water partition coefficient (Wildman–Crippen LogP) is 6.64. The summed E-state index contributed by atoms with van der Waals surface area (Å²) in [6, 6.07) is 23.3. The smallest absolute Gasteiger partial charge is 0.338 e. The number of rotatable bonds is 10. The molecule has 4 aromatic rings. The first kappa shape index (κ1) is 26.7. The third-order valence-electron chi connectivity index (χ3n) is 6.86. The molecule has 1 aliphatic rings. The molecule has 7 nitrogen and oxygen atoms in total. The number of benzene rings is 3. The number of hydrogen-bond donors (Lipinski definition) is 1. The van der Waals surface area contributed by atoms with E-state index in [1.165, 1.54) is 13.5 Å². The van der Waals surface area contributed by atoms with Gasteiger partial charge in [-0.3, -0.25) is 0 Å². The van der Waals surface area contributed by atoms with Crippen molar-refractivity contribution in [3.63, 3.8) is 0 Å². The highest BCUT2D eigenvalue weighted by Gasteiger charge is 2.15. The van der Waals surface area contributed by atoms with Crippen molar-refractivity contribution in [1.82, 2.24) is 4.98 Å². The van der Waals surface area contributed by atoms with E-state index in [9.17, 15) is 4.79 Å². The Labute approximate surface area is 228 Å². The number of carbonyl (C=O) groups is 1. The van der Waals surface area contributed by atoms with Crippen LogP contribution in [-0.4, -0.2) is 44.2 Å². The van der Waals surface area contributed by atoms with Gasteiger partial charge in [-0.2, -0.15) is 0 Å². The lowest BCUT2D eigenvalue weighted by Gasteiger charge is -2.22. The predicted molar refractivity (Wildman–Crippen MR) is 153 cm³/mol. The van der Waals surface area contributed by atoms with Gasteiger partial charge in [0.15, 0.2) is 6.29 Å². The Morgan fingerprint density at radius 2 is 1.64 bits per heavy atom. The molecule has 0 bridgehead atoms. The van der Waals surface area contributed by atoms with Crippen molar-refractivity contribution in [2.75, 3.05) is 32.7 Å². The Balaban J connectivity index is 1.18. The Morgan fingerprint density at radius 3 is 2.36 bits per heavy atom. The van der Waals surface area contributed by atoms with Crippen LogP contribution in [0.3, 0.4) is 0 Å². The number of nitrogen functional groups attached to an aromatic ring is 1. The minimum atomic E-state index is -0.421. The van der Waals surface area contributed by atoms with E-state index in [0.29, 0.717) is 41.1 Å². The van der Waals surface area contributed by atoms with Crippen molar-refractivity contribution in [2.45, 2.75) is 38.4 Å². The van der Waals surface area contributed by atoms with Gasteiger partial charge in [-0.25, -0.2) is 9.78 Å². The van der Waals surface area contributed by atoms with Crippen LogP contribution in [0.1, 0.15) is 42.5 Å². The first-order valence-corrected chi connectivity index (χ1v) is 13.5. The van der Waals surface area contributed by atoms with E-state index in [4.69, 9.17) is 29.7 Å². The lowest BCUT2D eigenvalue weighted by Crippen LogP contribution is -2.22. The second-order valence-corrected chi connectivity index (χ2v) is 9.65. The summed E-state index contributed by atoms with van der Waals surface area (Å²) < 4.78 is 22.3. The molecule has 1 atom stereocenters. The molecule has 0 aliphatic carbocycles. The number of fused-ring (bicyclic) bond motifs is 1. The van der Waals surface area contributed by atoms with Crippen LogP contribution < -0.4 is 10.5 Å². The van der Waals surface area contributed by atoms with Crippen LogP contribution in [0.15, 0.2) is 72.8 Å². The van der Waals surface area contributed by atoms with E-state index < -0.39 is 5.97 Å². The maximum atomic E-state index is 12.4. The minimum Gasteiger partial charge on any atom is -0.494 e. The summed E-state index contributed by atoms with van der Waals surface area (Å²) in [5, 5.41) is 0.673. The molecule has 2 heterocycles. The summed E-state index contributed by atoms with van der Waals surface area (Å²) in [4.78, 5) is 17.2. The van der Waals surface area contributed by atoms with Crippen LogP contribution in [0.5, 0.6) is 5.75 Å². The zero-order valence-electron chi connectivity index (χ0n) is 22.2. The second kappa shape index (κ2) is 12.7. The second-order valence-electron chi connectivity index (χ2n) is 9.65. The van der Waals surface area contributed by atoms with Crippen molar-refractivity contribution >= 4 is 22.6 Å². The van der Waals surface area contributed by atoms with E-state index in [1.54, 1.807) is 18.2 Å². The molecule has 7 heteroatoms. The van der Waals surface area contributed by atoms with Crippen molar-refractivity contribution in [3.8, 4) is 28.1 Å². The molecule has 2 N–H and O–H groups in total.